The topological polar surface area (TPSA) is 9.23 Å². The third-order valence-electron chi connectivity index (χ3n) is 4.22. The summed E-state index contributed by atoms with van der Waals surface area (Å²) in [5, 5.41) is 2.15. The molecule has 0 N–H and O–H groups in total. The largest absolute Gasteiger partial charge is 0.492 e. The molecule has 2 heteroatoms. The summed E-state index contributed by atoms with van der Waals surface area (Å²) in [7, 11) is 0. The summed E-state index contributed by atoms with van der Waals surface area (Å²) in [5.41, 5.74) is 4.34. The molecule has 1 aliphatic heterocycles. The van der Waals surface area contributed by atoms with Crippen LogP contribution in [0.15, 0.2) is 29.6 Å². The second-order valence-corrected chi connectivity index (χ2v) is 8.73. The van der Waals surface area contributed by atoms with Crippen LogP contribution in [0.3, 0.4) is 0 Å². The second-order valence-electron chi connectivity index (χ2n) is 7.70. The maximum atomic E-state index is 6.06. The van der Waals surface area contributed by atoms with Crippen molar-refractivity contribution in [3.05, 3.63) is 51.2 Å². The molecule has 1 aliphatic rings. The monoisotopic (exact) mass is 300 g/mol. The lowest BCUT2D eigenvalue weighted by Crippen LogP contribution is -2.18. The average Bonchev–Trinajstić information content (AvgIpc) is 2.97. The quantitative estimate of drug-likeness (QED) is 0.730. The molecule has 0 radical (unpaired) electrons. The van der Waals surface area contributed by atoms with Crippen molar-refractivity contribution in [3.8, 4) is 5.75 Å². The van der Waals surface area contributed by atoms with E-state index in [4.69, 9.17) is 4.74 Å². The minimum atomic E-state index is 0.107. The predicted octanol–water partition coefficient (Wildman–Crippen LogP) is 5.31. The van der Waals surface area contributed by atoms with E-state index >= 15 is 0 Å². The zero-order chi connectivity index (χ0) is 15.3. The van der Waals surface area contributed by atoms with Crippen molar-refractivity contribution >= 4 is 11.3 Å². The maximum absolute atomic E-state index is 6.06. The summed E-state index contributed by atoms with van der Waals surface area (Å²) in [6, 6.07) is 9.05. The molecular weight excluding hydrogens is 276 g/mol. The van der Waals surface area contributed by atoms with Crippen LogP contribution in [0.1, 0.15) is 56.2 Å². The number of thiophene rings is 1. The first kappa shape index (κ1) is 14.6. The van der Waals surface area contributed by atoms with Crippen LogP contribution in [0, 0.1) is 0 Å². The molecule has 0 saturated carbocycles. The van der Waals surface area contributed by atoms with E-state index in [0.29, 0.717) is 0 Å². The standard InChI is InChI=1S/C19H24OS/c1-18(2,3)15-10-13(9-14-7-6-8-21-14)11-16-17(15)20-12-19(16,4)5/h6-8,10-11H,9,12H2,1-5H3. The van der Waals surface area contributed by atoms with Gasteiger partial charge in [-0.05, 0) is 22.4 Å². The van der Waals surface area contributed by atoms with Crippen LogP contribution in [0.5, 0.6) is 5.75 Å². The van der Waals surface area contributed by atoms with E-state index in [9.17, 15) is 0 Å². The van der Waals surface area contributed by atoms with Crippen LogP contribution in [-0.2, 0) is 17.3 Å². The molecule has 0 bridgehead atoms. The van der Waals surface area contributed by atoms with Gasteiger partial charge in [-0.3, -0.25) is 0 Å². The lowest BCUT2D eigenvalue weighted by molar-refractivity contribution is 0.286. The molecule has 0 atom stereocenters. The summed E-state index contributed by atoms with van der Waals surface area (Å²) in [5.74, 6) is 1.13. The summed E-state index contributed by atoms with van der Waals surface area (Å²) in [4.78, 5) is 1.42. The molecule has 0 unspecified atom stereocenters. The van der Waals surface area contributed by atoms with Crippen LogP contribution < -0.4 is 4.74 Å². The van der Waals surface area contributed by atoms with Gasteiger partial charge >= 0.3 is 0 Å². The molecule has 0 aliphatic carbocycles. The molecule has 1 aromatic heterocycles. The average molecular weight is 300 g/mol. The summed E-state index contributed by atoms with van der Waals surface area (Å²) >= 11 is 1.83. The number of benzene rings is 1. The number of ether oxygens (including phenoxy) is 1. The fourth-order valence-electron chi connectivity index (χ4n) is 2.95. The van der Waals surface area contributed by atoms with Gasteiger partial charge in [0.2, 0.25) is 0 Å². The van der Waals surface area contributed by atoms with Crippen molar-refractivity contribution in [1.29, 1.82) is 0 Å². The highest BCUT2D eigenvalue weighted by Gasteiger charge is 2.36. The van der Waals surface area contributed by atoms with Crippen LogP contribution >= 0.6 is 11.3 Å². The third kappa shape index (κ3) is 2.74. The highest BCUT2D eigenvalue weighted by molar-refractivity contribution is 7.09. The Bertz CT molecular complexity index is 645. The molecule has 3 rings (SSSR count). The first-order chi connectivity index (χ1) is 9.77. The first-order valence-electron chi connectivity index (χ1n) is 7.60. The number of rotatable bonds is 2. The molecule has 0 fully saturated rings. The molecule has 2 aromatic rings. The zero-order valence-corrected chi connectivity index (χ0v) is 14.4. The van der Waals surface area contributed by atoms with Crippen LogP contribution in [0.25, 0.3) is 0 Å². The van der Waals surface area contributed by atoms with Crippen LogP contribution in [0.4, 0.5) is 0 Å². The summed E-state index contributed by atoms with van der Waals surface area (Å²) < 4.78 is 6.06. The Kier molecular flexibility index (Phi) is 3.40. The maximum Gasteiger partial charge on any atom is 0.126 e. The van der Waals surface area contributed by atoms with Gasteiger partial charge in [-0.1, -0.05) is 52.8 Å². The van der Waals surface area contributed by atoms with Gasteiger partial charge < -0.3 is 4.74 Å². The Labute approximate surface area is 132 Å². The molecular formula is C19H24OS. The Hall–Kier alpha value is -1.28. The van der Waals surface area contributed by atoms with E-state index in [1.165, 1.54) is 21.6 Å². The van der Waals surface area contributed by atoms with Crippen molar-refractivity contribution in [3.63, 3.8) is 0 Å². The van der Waals surface area contributed by atoms with Gasteiger partial charge in [-0.25, -0.2) is 0 Å². The highest BCUT2D eigenvalue weighted by atomic mass is 32.1. The molecule has 1 nitrogen and oxygen atoms in total. The Morgan fingerprint density at radius 3 is 2.62 bits per heavy atom. The van der Waals surface area contributed by atoms with Gasteiger partial charge in [-0.15, -0.1) is 11.3 Å². The van der Waals surface area contributed by atoms with Crippen LogP contribution in [0.2, 0.25) is 0 Å². The third-order valence-corrected chi connectivity index (χ3v) is 5.10. The summed E-state index contributed by atoms with van der Waals surface area (Å²) in [6.07, 6.45) is 1.02. The van der Waals surface area contributed by atoms with Crippen molar-refractivity contribution in [2.45, 2.75) is 51.9 Å². The molecule has 0 saturated heterocycles. The molecule has 0 spiro atoms. The predicted molar refractivity (Wildman–Crippen MR) is 90.8 cm³/mol. The lowest BCUT2D eigenvalue weighted by Gasteiger charge is -2.24. The van der Waals surface area contributed by atoms with Crippen LogP contribution in [-0.4, -0.2) is 6.61 Å². The van der Waals surface area contributed by atoms with Crippen molar-refractivity contribution in [1.82, 2.24) is 0 Å². The second kappa shape index (κ2) is 4.88. The minimum Gasteiger partial charge on any atom is -0.492 e. The van der Waals surface area contributed by atoms with Crippen molar-refractivity contribution in [2.24, 2.45) is 0 Å². The van der Waals surface area contributed by atoms with E-state index < -0.39 is 0 Å². The van der Waals surface area contributed by atoms with Gasteiger partial charge in [-0.2, -0.15) is 0 Å². The van der Waals surface area contributed by atoms with E-state index in [0.717, 1.165) is 18.8 Å². The highest BCUT2D eigenvalue weighted by Crippen LogP contribution is 2.45. The number of fused-ring (bicyclic) bond motifs is 1. The minimum absolute atomic E-state index is 0.107. The molecule has 1 aromatic carbocycles. The van der Waals surface area contributed by atoms with E-state index in [2.05, 4.69) is 64.3 Å². The Morgan fingerprint density at radius 1 is 1.24 bits per heavy atom. The van der Waals surface area contributed by atoms with E-state index in [1.807, 2.05) is 11.3 Å². The molecule has 0 amide bonds. The molecule has 112 valence electrons. The number of hydrogen-bond acceptors (Lipinski definition) is 2. The van der Waals surface area contributed by atoms with Gasteiger partial charge in [0.1, 0.15) is 5.75 Å². The molecule has 21 heavy (non-hydrogen) atoms. The Balaban J connectivity index is 2.11. The van der Waals surface area contributed by atoms with Crippen molar-refractivity contribution < 1.29 is 4.74 Å². The van der Waals surface area contributed by atoms with Crippen molar-refractivity contribution in [2.75, 3.05) is 6.61 Å². The number of hydrogen-bond donors (Lipinski definition) is 0. The SMILES string of the molecule is CC(C)(C)c1cc(Cc2cccs2)cc2c1OCC2(C)C. The van der Waals surface area contributed by atoms with E-state index in [1.54, 1.807) is 0 Å². The first-order valence-corrected chi connectivity index (χ1v) is 8.48. The van der Waals surface area contributed by atoms with Gasteiger partial charge in [0.05, 0.1) is 6.61 Å². The van der Waals surface area contributed by atoms with Gasteiger partial charge in [0.25, 0.3) is 0 Å². The fourth-order valence-corrected chi connectivity index (χ4v) is 3.69. The Morgan fingerprint density at radius 2 is 2.00 bits per heavy atom. The normalized spacial score (nSPS) is 16.6. The zero-order valence-electron chi connectivity index (χ0n) is 13.6. The molecule has 2 heterocycles. The van der Waals surface area contributed by atoms with Gasteiger partial charge in [0.15, 0.2) is 0 Å². The summed E-state index contributed by atoms with van der Waals surface area (Å²) in [6.45, 7) is 12.2. The van der Waals surface area contributed by atoms with E-state index in [-0.39, 0.29) is 10.8 Å². The smallest absolute Gasteiger partial charge is 0.126 e. The fraction of sp³-hybridized carbons (Fsp3) is 0.474. The van der Waals surface area contributed by atoms with Gasteiger partial charge in [0, 0.05) is 27.8 Å². The lowest BCUT2D eigenvalue weighted by atomic mass is 9.79.